The summed E-state index contributed by atoms with van der Waals surface area (Å²) < 4.78 is 7.44. The number of urea groups is 1. The molecule has 0 spiro atoms. The number of nitriles is 1. The van der Waals surface area contributed by atoms with Gasteiger partial charge in [-0.05, 0) is 45.0 Å². The van der Waals surface area contributed by atoms with E-state index in [1.807, 2.05) is 25.5 Å². The molecule has 1 aromatic carbocycles. The summed E-state index contributed by atoms with van der Waals surface area (Å²) in [4.78, 5) is 11.9. The smallest absolute Gasteiger partial charge is 0.315 e. The Morgan fingerprint density at radius 2 is 2.00 bits per heavy atom. The lowest BCUT2D eigenvalue weighted by Crippen LogP contribution is -2.37. The number of aryl methyl sites for hydroxylation is 2. The summed E-state index contributed by atoms with van der Waals surface area (Å²) in [6.07, 6.45) is 0. The number of aromatic nitrogens is 2. The molecule has 0 radical (unpaired) electrons. The molecular weight excluding hydrogens is 318 g/mol. The van der Waals surface area contributed by atoms with Crippen LogP contribution in [0.15, 0.2) is 24.3 Å². The number of hydrogen-bond donors (Lipinski definition) is 2. The van der Waals surface area contributed by atoms with Gasteiger partial charge in [0.2, 0.25) is 0 Å². The fraction of sp³-hybridized carbons (Fsp3) is 0.389. The first kappa shape index (κ1) is 18.3. The lowest BCUT2D eigenvalue weighted by molar-refractivity contribution is 0.236. The maximum atomic E-state index is 11.9. The van der Waals surface area contributed by atoms with Crippen LogP contribution in [0.5, 0.6) is 5.75 Å². The molecule has 0 saturated carbocycles. The summed E-state index contributed by atoms with van der Waals surface area (Å²) in [6, 6.07) is 8.65. The summed E-state index contributed by atoms with van der Waals surface area (Å²) in [6.45, 7) is 7.98. The quantitative estimate of drug-likeness (QED) is 0.756. The van der Waals surface area contributed by atoms with Gasteiger partial charge in [-0.2, -0.15) is 10.4 Å². The maximum absolute atomic E-state index is 11.9. The molecule has 2 aromatic rings. The fourth-order valence-electron chi connectivity index (χ4n) is 2.49. The van der Waals surface area contributed by atoms with E-state index in [2.05, 4.69) is 21.8 Å². The Morgan fingerprint density at radius 3 is 2.60 bits per heavy atom. The molecule has 132 valence electrons. The van der Waals surface area contributed by atoms with Crippen LogP contribution in [-0.2, 0) is 13.1 Å². The van der Waals surface area contributed by atoms with Gasteiger partial charge in [-0.1, -0.05) is 0 Å². The first-order valence-electron chi connectivity index (χ1n) is 8.22. The zero-order valence-corrected chi connectivity index (χ0v) is 14.8. The Bertz CT molecular complexity index is 759. The number of amides is 2. The summed E-state index contributed by atoms with van der Waals surface area (Å²) in [5, 5.41) is 18.8. The normalized spacial score (nSPS) is 10.2. The van der Waals surface area contributed by atoms with Crippen LogP contribution < -0.4 is 15.4 Å². The van der Waals surface area contributed by atoms with Crippen molar-refractivity contribution in [2.24, 2.45) is 0 Å². The van der Waals surface area contributed by atoms with Crippen molar-refractivity contribution in [2.45, 2.75) is 33.9 Å². The molecule has 0 fully saturated rings. The molecule has 7 heteroatoms. The number of ether oxygens (including phenoxy) is 1. The second-order valence-electron chi connectivity index (χ2n) is 5.56. The molecule has 0 aliphatic heterocycles. The number of nitrogens with one attached hydrogen (secondary N) is 2. The van der Waals surface area contributed by atoms with E-state index in [1.54, 1.807) is 24.3 Å². The Hall–Kier alpha value is -3.01. The van der Waals surface area contributed by atoms with Crippen LogP contribution >= 0.6 is 0 Å². The van der Waals surface area contributed by atoms with Gasteiger partial charge in [0, 0.05) is 24.3 Å². The van der Waals surface area contributed by atoms with Crippen molar-refractivity contribution in [3.63, 3.8) is 0 Å². The van der Waals surface area contributed by atoms with Crippen LogP contribution in [0, 0.1) is 25.2 Å². The number of carbonyl (C=O) groups excluding carboxylic acids is 1. The van der Waals surface area contributed by atoms with Crippen molar-refractivity contribution in [2.75, 3.05) is 13.2 Å². The first-order valence-corrected chi connectivity index (χ1v) is 8.22. The molecule has 2 amide bonds. The predicted molar refractivity (Wildman–Crippen MR) is 94.3 cm³/mol. The van der Waals surface area contributed by atoms with Gasteiger partial charge in [0.25, 0.3) is 0 Å². The molecule has 0 aliphatic rings. The van der Waals surface area contributed by atoms with Crippen molar-refractivity contribution in [1.29, 1.82) is 5.26 Å². The van der Waals surface area contributed by atoms with Crippen LogP contribution in [0.1, 0.15) is 29.4 Å². The SMILES string of the molecule is CCn1nc(C)c(CNC(=O)NCCOc2ccc(C#N)cc2)c1C. The van der Waals surface area contributed by atoms with Crippen LogP contribution in [0.4, 0.5) is 4.79 Å². The van der Waals surface area contributed by atoms with E-state index in [0.29, 0.717) is 31.0 Å². The summed E-state index contributed by atoms with van der Waals surface area (Å²) in [5.74, 6) is 0.666. The molecule has 7 nitrogen and oxygen atoms in total. The molecule has 0 aliphatic carbocycles. The van der Waals surface area contributed by atoms with E-state index < -0.39 is 0 Å². The molecule has 1 aromatic heterocycles. The molecule has 0 unspecified atom stereocenters. The van der Waals surface area contributed by atoms with Crippen LogP contribution in [0.2, 0.25) is 0 Å². The van der Waals surface area contributed by atoms with Gasteiger partial charge in [-0.15, -0.1) is 0 Å². The Kier molecular flexibility index (Phi) is 6.40. The highest BCUT2D eigenvalue weighted by molar-refractivity contribution is 5.73. The summed E-state index contributed by atoms with van der Waals surface area (Å²) in [5.41, 5.74) is 3.64. The average Bonchev–Trinajstić information content (AvgIpc) is 2.90. The molecule has 0 saturated heterocycles. The highest BCUT2D eigenvalue weighted by Crippen LogP contribution is 2.12. The van der Waals surface area contributed by atoms with Gasteiger partial charge in [-0.25, -0.2) is 4.79 Å². The highest BCUT2D eigenvalue weighted by Gasteiger charge is 2.11. The molecule has 1 heterocycles. The molecule has 0 bridgehead atoms. The minimum absolute atomic E-state index is 0.244. The van der Waals surface area contributed by atoms with E-state index >= 15 is 0 Å². The summed E-state index contributed by atoms with van der Waals surface area (Å²) >= 11 is 0. The number of hydrogen-bond acceptors (Lipinski definition) is 4. The fourth-order valence-corrected chi connectivity index (χ4v) is 2.49. The number of rotatable bonds is 7. The number of benzene rings is 1. The second kappa shape index (κ2) is 8.73. The molecular formula is C18H23N5O2. The van der Waals surface area contributed by atoms with Crippen molar-refractivity contribution >= 4 is 6.03 Å². The van der Waals surface area contributed by atoms with Gasteiger partial charge in [0.15, 0.2) is 0 Å². The molecule has 2 N–H and O–H groups in total. The lowest BCUT2D eigenvalue weighted by atomic mass is 10.2. The van der Waals surface area contributed by atoms with Crippen LogP contribution in [-0.4, -0.2) is 29.0 Å². The van der Waals surface area contributed by atoms with E-state index in [9.17, 15) is 4.79 Å². The van der Waals surface area contributed by atoms with E-state index in [-0.39, 0.29) is 6.03 Å². The van der Waals surface area contributed by atoms with E-state index in [1.165, 1.54) is 0 Å². The van der Waals surface area contributed by atoms with Gasteiger partial charge < -0.3 is 15.4 Å². The maximum Gasteiger partial charge on any atom is 0.315 e. The largest absolute Gasteiger partial charge is 0.492 e. The zero-order valence-electron chi connectivity index (χ0n) is 14.8. The third-order valence-corrected chi connectivity index (χ3v) is 3.90. The van der Waals surface area contributed by atoms with Crippen molar-refractivity contribution < 1.29 is 9.53 Å². The number of nitrogens with zero attached hydrogens (tertiary/aromatic N) is 3. The average molecular weight is 341 g/mol. The predicted octanol–water partition coefficient (Wildman–Crippen LogP) is 2.27. The Balaban J connectivity index is 1.70. The number of carbonyl (C=O) groups is 1. The van der Waals surface area contributed by atoms with Gasteiger partial charge >= 0.3 is 6.03 Å². The minimum atomic E-state index is -0.244. The topological polar surface area (TPSA) is 92.0 Å². The second-order valence-corrected chi connectivity index (χ2v) is 5.56. The van der Waals surface area contributed by atoms with Crippen molar-refractivity contribution in [1.82, 2.24) is 20.4 Å². The third-order valence-electron chi connectivity index (χ3n) is 3.90. The first-order chi connectivity index (χ1) is 12.0. The van der Waals surface area contributed by atoms with Gasteiger partial charge in [0.1, 0.15) is 12.4 Å². The molecule has 25 heavy (non-hydrogen) atoms. The Morgan fingerprint density at radius 1 is 1.28 bits per heavy atom. The van der Waals surface area contributed by atoms with Crippen molar-refractivity contribution in [3.05, 3.63) is 46.8 Å². The third kappa shape index (κ3) is 4.98. The van der Waals surface area contributed by atoms with Gasteiger partial charge in [-0.3, -0.25) is 4.68 Å². The monoisotopic (exact) mass is 341 g/mol. The molecule has 0 atom stereocenters. The highest BCUT2D eigenvalue weighted by atomic mass is 16.5. The van der Waals surface area contributed by atoms with Crippen LogP contribution in [0.3, 0.4) is 0 Å². The van der Waals surface area contributed by atoms with Crippen LogP contribution in [0.25, 0.3) is 0 Å². The summed E-state index contributed by atoms with van der Waals surface area (Å²) in [7, 11) is 0. The van der Waals surface area contributed by atoms with Gasteiger partial charge in [0.05, 0.1) is 23.9 Å². The van der Waals surface area contributed by atoms with E-state index in [0.717, 1.165) is 23.5 Å². The minimum Gasteiger partial charge on any atom is -0.492 e. The zero-order chi connectivity index (χ0) is 18.2. The lowest BCUT2D eigenvalue weighted by Gasteiger charge is -2.09. The standard InChI is InChI=1S/C18H23N5O2/c1-4-23-14(3)17(13(2)22-23)12-21-18(24)20-9-10-25-16-7-5-15(11-19)6-8-16/h5-8H,4,9-10,12H2,1-3H3,(H2,20,21,24). The van der Waals surface area contributed by atoms with E-state index in [4.69, 9.17) is 10.00 Å². The Labute approximate surface area is 147 Å². The molecule has 2 rings (SSSR count). The van der Waals surface area contributed by atoms with Crippen molar-refractivity contribution in [3.8, 4) is 11.8 Å².